The van der Waals surface area contributed by atoms with E-state index in [1.165, 1.54) is 12.1 Å². The van der Waals surface area contributed by atoms with Crippen molar-refractivity contribution in [3.63, 3.8) is 0 Å². The Kier molecular flexibility index (Phi) is 3.63. The van der Waals surface area contributed by atoms with Crippen LogP contribution in [-0.2, 0) is 4.43 Å². The minimum absolute atomic E-state index is 0.149. The van der Waals surface area contributed by atoms with E-state index in [4.69, 9.17) is 0 Å². The molecule has 0 saturated heterocycles. The zero-order valence-electron chi connectivity index (χ0n) is 7.36. The molecule has 0 aliphatic rings. The highest BCUT2D eigenvalue weighted by atomic mass is 127. The lowest BCUT2D eigenvalue weighted by Gasteiger charge is -2.10. The molecule has 0 spiro atoms. The molecule has 78 valence electrons. The molecule has 0 bridgehead atoms. The van der Waals surface area contributed by atoms with Gasteiger partial charge < -0.3 is 4.74 Å². The number of benzene rings is 1. The van der Waals surface area contributed by atoms with Crippen LogP contribution in [0.3, 0.4) is 0 Å². The Morgan fingerprint density at radius 1 is 1.29 bits per heavy atom. The molecule has 1 nitrogen and oxygen atoms in total. The maximum Gasteiger partial charge on any atom is 0.573 e. The molecule has 0 radical (unpaired) electrons. The van der Waals surface area contributed by atoms with E-state index in [0.29, 0.717) is 4.43 Å². The number of rotatable bonds is 2. The van der Waals surface area contributed by atoms with Gasteiger partial charge in [-0.05, 0) is 30.2 Å². The Bertz CT molecular complexity index is 322. The number of hydrogen-bond acceptors (Lipinski definition) is 1. The van der Waals surface area contributed by atoms with E-state index < -0.39 is 6.36 Å². The van der Waals surface area contributed by atoms with Gasteiger partial charge in [0.25, 0.3) is 0 Å². The van der Waals surface area contributed by atoms with Crippen molar-refractivity contribution < 1.29 is 17.9 Å². The molecule has 14 heavy (non-hydrogen) atoms. The Balaban J connectivity index is 2.92. The van der Waals surface area contributed by atoms with Gasteiger partial charge in [-0.25, -0.2) is 0 Å². The lowest BCUT2D eigenvalue weighted by atomic mass is 10.1. The van der Waals surface area contributed by atoms with Crippen LogP contribution in [0.4, 0.5) is 13.2 Å². The van der Waals surface area contributed by atoms with Gasteiger partial charge in [0, 0.05) is 4.43 Å². The first kappa shape index (κ1) is 11.6. The highest BCUT2D eigenvalue weighted by Crippen LogP contribution is 2.25. The van der Waals surface area contributed by atoms with E-state index in [0.717, 1.165) is 11.1 Å². The topological polar surface area (TPSA) is 9.23 Å². The Labute approximate surface area is 93.4 Å². The first-order chi connectivity index (χ1) is 6.40. The molecule has 0 unspecified atom stereocenters. The fourth-order valence-electron chi connectivity index (χ4n) is 1.09. The number of hydrogen-bond donors (Lipinski definition) is 0. The molecule has 1 rings (SSSR count). The normalized spacial score (nSPS) is 11.5. The lowest BCUT2D eigenvalue weighted by Crippen LogP contribution is -2.17. The summed E-state index contributed by atoms with van der Waals surface area (Å²) in [5, 5.41) is 0. The summed E-state index contributed by atoms with van der Waals surface area (Å²) in [6.45, 7) is 1.74. The van der Waals surface area contributed by atoms with Gasteiger partial charge in [0.1, 0.15) is 5.75 Å². The zero-order chi connectivity index (χ0) is 10.8. The quantitative estimate of drug-likeness (QED) is 0.595. The smallest absolute Gasteiger partial charge is 0.406 e. The van der Waals surface area contributed by atoms with Gasteiger partial charge >= 0.3 is 6.36 Å². The molecular weight excluding hydrogens is 308 g/mol. The van der Waals surface area contributed by atoms with Crippen LogP contribution in [0.15, 0.2) is 18.2 Å². The summed E-state index contributed by atoms with van der Waals surface area (Å²) < 4.78 is 40.1. The predicted octanol–water partition coefficient (Wildman–Crippen LogP) is 3.83. The van der Waals surface area contributed by atoms with Gasteiger partial charge in [-0.1, -0.05) is 28.7 Å². The van der Waals surface area contributed by atoms with E-state index in [2.05, 4.69) is 27.3 Å². The van der Waals surface area contributed by atoms with Crippen molar-refractivity contribution in [1.82, 2.24) is 0 Å². The van der Waals surface area contributed by atoms with Crippen molar-refractivity contribution in [1.29, 1.82) is 0 Å². The van der Waals surface area contributed by atoms with Gasteiger partial charge in [-0.2, -0.15) is 0 Å². The summed E-state index contributed by atoms with van der Waals surface area (Å²) in [5.74, 6) is -0.149. The number of ether oxygens (including phenoxy) is 1. The second kappa shape index (κ2) is 4.37. The van der Waals surface area contributed by atoms with Crippen LogP contribution >= 0.6 is 22.6 Å². The Morgan fingerprint density at radius 2 is 1.93 bits per heavy atom. The second-order valence-electron chi connectivity index (χ2n) is 2.84. The molecule has 5 heteroatoms. The third-order valence-corrected chi connectivity index (χ3v) is 2.38. The fourth-order valence-corrected chi connectivity index (χ4v) is 1.53. The van der Waals surface area contributed by atoms with Crippen LogP contribution < -0.4 is 4.74 Å². The van der Waals surface area contributed by atoms with Gasteiger partial charge in [0.05, 0.1) is 0 Å². The summed E-state index contributed by atoms with van der Waals surface area (Å²) in [6, 6.07) is 4.59. The average Bonchev–Trinajstić information content (AvgIpc) is 1.99. The predicted molar refractivity (Wildman–Crippen MR) is 55.6 cm³/mol. The molecule has 0 aliphatic heterocycles. The first-order valence-corrected chi connectivity index (χ1v) is 5.35. The molecular formula is C9H8F3IO. The standard InChI is InChI=1S/C9H8F3IO/c1-6-2-7(5-13)4-8(3-6)14-9(10,11)12/h2-4H,5H2,1H3. The minimum Gasteiger partial charge on any atom is -0.406 e. The van der Waals surface area contributed by atoms with E-state index in [9.17, 15) is 13.2 Å². The Hall–Kier alpha value is -0.460. The maximum atomic E-state index is 11.9. The molecule has 1 aromatic carbocycles. The first-order valence-electron chi connectivity index (χ1n) is 3.83. The minimum atomic E-state index is -4.61. The van der Waals surface area contributed by atoms with Crippen molar-refractivity contribution in [3.8, 4) is 5.75 Å². The lowest BCUT2D eigenvalue weighted by molar-refractivity contribution is -0.274. The average molecular weight is 316 g/mol. The van der Waals surface area contributed by atoms with E-state index in [-0.39, 0.29) is 5.75 Å². The van der Waals surface area contributed by atoms with E-state index in [1.807, 2.05) is 6.07 Å². The van der Waals surface area contributed by atoms with E-state index >= 15 is 0 Å². The van der Waals surface area contributed by atoms with Crippen molar-refractivity contribution in [2.45, 2.75) is 17.7 Å². The molecule has 0 amide bonds. The molecule has 0 N–H and O–H groups in total. The highest BCUT2D eigenvalue weighted by Gasteiger charge is 2.31. The van der Waals surface area contributed by atoms with Gasteiger partial charge in [-0.15, -0.1) is 13.2 Å². The second-order valence-corrected chi connectivity index (χ2v) is 3.60. The largest absolute Gasteiger partial charge is 0.573 e. The summed E-state index contributed by atoms with van der Waals surface area (Å²) in [5.41, 5.74) is 1.59. The van der Waals surface area contributed by atoms with Crippen LogP contribution in [0.2, 0.25) is 0 Å². The zero-order valence-corrected chi connectivity index (χ0v) is 9.52. The highest BCUT2D eigenvalue weighted by molar-refractivity contribution is 14.1. The van der Waals surface area contributed by atoms with E-state index in [1.54, 1.807) is 6.92 Å². The molecule has 0 saturated carbocycles. The molecule has 0 aromatic heterocycles. The summed E-state index contributed by atoms with van der Waals surface area (Å²) in [4.78, 5) is 0. The molecule has 0 aliphatic carbocycles. The van der Waals surface area contributed by atoms with Crippen LogP contribution in [0.5, 0.6) is 5.75 Å². The third-order valence-electron chi connectivity index (χ3n) is 1.50. The number of alkyl halides is 4. The summed E-state index contributed by atoms with van der Waals surface area (Å²) in [7, 11) is 0. The van der Waals surface area contributed by atoms with Crippen LogP contribution in [0.1, 0.15) is 11.1 Å². The SMILES string of the molecule is Cc1cc(CI)cc(OC(F)(F)F)c1. The van der Waals surface area contributed by atoms with Gasteiger partial charge in [0.15, 0.2) is 0 Å². The van der Waals surface area contributed by atoms with Gasteiger partial charge in [0.2, 0.25) is 0 Å². The van der Waals surface area contributed by atoms with Crippen LogP contribution in [-0.4, -0.2) is 6.36 Å². The fraction of sp³-hybridized carbons (Fsp3) is 0.333. The van der Waals surface area contributed by atoms with Gasteiger partial charge in [-0.3, -0.25) is 0 Å². The van der Waals surface area contributed by atoms with Crippen molar-refractivity contribution in [2.24, 2.45) is 0 Å². The maximum absolute atomic E-state index is 11.9. The van der Waals surface area contributed by atoms with Crippen molar-refractivity contribution in [3.05, 3.63) is 29.3 Å². The van der Waals surface area contributed by atoms with Crippen LogP contribution in [0.25, 0.3) is 0 Å². The molecule has 0 atom stereocenters. The molecule has 0 fully saturated rings. The monoisotopic (exact) mass is 316 g/mol. The third kappa shape index (κ3) is 3.73. The number of halogens is 4. The molecule has 1 aromatic rings. The summed E-state index contributed by atoms with van der Waals surface area (Å²) >= 11 is 2.09. The van der Waals surface area contributed by atoms with Crippen LogP contribution in [0, 0.1) is 6.92 Å². The summed E-state index contributed by atoms with van der Waals surface area (Å²) in [6.07, 6.45) is -4.61. The van der Waals surface area contributed by atoms with Crippen molar-refractivity contribution in [2.75, 3.05) is 0 Å². The van der Waals surface area contributed by atoms with Crippen molar-refractivity contribution >= 4 is 22.6 Å². The Morgan fingerprint density at radius 3 is 2.43 bits per heavy atom. The number of aryl methyl sites for hydroxylation is 1. The molecule has 0 heterocycles.